The van der Waals surface area contributed by atoms with E-state index in [1.165, 1.54) is 11.1 Å². The summed E-state index contributed by atoms with van der Waals surface area (Å²) in [6.07, 6.45) is 6.77. The highest BCUT2D eigenvalue weighted by molar-refractivity contribution is 6.29. The molecule has 0 spiro atoms. The molecule has 0 fully saturated rings. The van der Waals surface area contributed by atoms with E-state index >= 15 is 0 Å². The fraction of sp³-hybridized carbons (Fsp3) is 0.417. The first-order chi connectivity index (χ1) is 7.04. The summed E-state index contributed by atoms with van der Waals surface area (Å²) in [5.41, 5.74) is 3.55. The standard InChI is InChI=1S/C12H17ClN2/c1-5-12(13)6-9(2)10(3)11-7-14-15(4)8-11/h6-8H,5H2,1-4H3/b10-9+,12-6+. The smallest absolute Gasteiger partial charge is 0.0564 e. The van der Waals surface area contributed by atoms with Crippen molar-refractivity contribution in [2.24, 2.45) is 7.05 Å². The van der Waals surface area contributed by atoms with E-state index in [-0.39, 0.29) is 0 Å². The largest absolute Gasteiger partial charge is 0.275 e. The van der Waals surface area contributed by atoms with Crippen molar-refractivity contribution in [1.82, 2.24) is 9.78 Å². The number of aryl methyl sites for hydroxylation is 1. The Kier molecular flexibility index (Phi) is 4.15. The van der Waals surface area contributed by atoms with Gasteiger partial charge in [-0.1, -0.05) is 18.5 Å². The summed E-state index contributed by atoms with van der Waals surface area (Å²) < 4.78 is 1.80. The number of hydrogen-bond donors (Lipinski definition) is 0. The summed E-state index contributed by atoms with van der Waals surface area (Å²) in [4.78, 5) is 0. The quantitative estimate of drug-likeness (QED) is 0.716. The normalized spacial score (nSPS) is 14.1. The van der Waals surface area contributed by atoms with E-state index in [1.807, 2.05) is 32.4 Å². The molecule has 0 bridgehead atoms. The molecule has 82 valence electrons. The highest BCUT2D eigenvalue weighted by Gasteiger charge is 2.01. The van der Waals surface area contributed by atoms with E-state index < -0.39 is 0 Å². The first-order valence-electron chi connectivity index (χ1n) is 5.07. The third-order valence-corrected chi connectivity index (χ3v) is 2.82. The summed E-state index contributed by atoms with van der Waals surface area (Å²) in [6.45, 7) is 6.20. The number of aromatic nitrogens is 2. The minimum Gasteiger partial charge on any atom is -0.275 e. The molecule has 0 radical (unpaired) electrons. The Bertz CT molecular complexity index is 400. The molecule has 1 heterocycles. The Labute approximate surface area is 96.2 Å². The van der Waals surface area contributed by atoms with Crippen molar-refractivity contribution in [3.8, 4) is 0 Å². The van der Waals surface area contributed by atoms with Crippen molar-refractivity contribution in [2.75, 3.05) is 0 Å². The van der Waals surface area contributed by atoms with E-state index in [9.17, 15) is 0 Å². The lowest BCUT2D eigenvalue weighted by Crippen LogP contribution is -1.85. The zero-order valence-electron chi connectivity index (χ0n) is 9.71. The van der Waals surface area contributed by atoms with E-state index in [2.05, 4.69) is 18.9 Å². The van der Waals surface area contributed by atoms with Crippen LogP contribution in [0.4, 0.5) is 0 Å². The monoisotopic (exact) mass is 224 g/mol. The Morgan fingerprint density at radius 1 is 1.53 bits per heavy atom. The zero-order valence-corrected chi connectivity index (χ0v) is 10.5. The van der Waals surface area contributed by atoms with E-state index in [1.54, 1.807) is 4.68 Å². The number of allylic oxidation sites excluding steroid dienone is 4. The number of halogens is 1. The van der Waals surface area contributed by atoms with Crippen LogP contribution in [0.2, 0.25) is 0 Å². The summed E-state index contributed by atoms with van der Waals surface area (Å²) in [5.74, 6) is 0. The van der Waals surface area contributed by atoms with Gasteiger partial charge in [0, 0.05) is 23.8 Å². The van der Waals surface area contributed by atoms with Gasteiger partial charge >= 0.3 is 0 Å². The van der Waals surface area contributed by atoms with E-state index in [4.69, 9.17) is 11.6 Å². The average molecular weight is 225 g/mol. The third kappa shape index (κ3) is 3.24. The summed E-state index contributed by atoms with van der Waals surface area (Å²) >= 11 is 6.00. The van der Waals surface area contributed by atoms with Gasteiger partial charge in [-0.3, -0.25) is 4.68 Å². The first kappa shape index (κ1) is 12.1. The number of rotatable bonds is 3. The second kappa shape index (κ2) is 5.17. The van der Waals surface area contributed by atoms with Crippen LogP contribution in [0.15, 0.2) is 29.1 Å². The Balaban J connectivity index is 3.00. The van der Waals surface area contributed by atoms with Crippen molar-refractivity contribution < 1.29 is 0 Å². The van der Waals surface area contributed by atoms with Crippen molar-refractivity contribution in [2.45, 2.75) is 27.2 Å². The molecule has 0 saturated heterocycles. The predicted molar refractivity (Wildman–Crippen MR) is 65.7 cm³/mol. The van der Waals surface area contributed by atoms with Gasteiger partial charge in [0.2, 0.25) is 0 Å². The molecule has 2 nitrogen and oxygen atoms in total. The highest BCUT2D eigenvalue weighted by Crippen LogP contribution is 2.20. The molecule has 1 aromatic heterocycles. The maximum atomic E-state index is 6.00. The SMILES string of the molecule is CC/C(Cl)=C\C(C)=C(/C)c1cnn(C)c1. The van der Waals surface area contributed by atoms with Crippen LogP contribution in [0.3, 0.4) is 0 Å². The molecule has 0 amide bonds. The molecule has 1 aromatic rings. The maximum Gasteiger partial charge on any atom is 0.0564 e. The summed E-state index contributed by atoms with van der Waals surface area (Å²) in [7, 11) is 1.92. The molecule has 0 aromatic carbocycles. The highest BCUT2D eigenvalue weighted by atomic mass is 35.5. The lowest BCUT2D eigenvalue weighted by Gasteiger charge is -2.01. The van der Waals surface area contributed by atoms with Gasteiger partial charge in [0.25, 0.3) is 0 Å². The van der Waals surface area contributed by atoms with Crippen LogP contribution in [-0.4, -0.2) is 9.78 Å². The van der Waals surface area contributed by atoms with Crippen molar-refractivity contribution in [3.05, 3.63) is 34.6 Å². The molecular formula is C12H17ClN2. The molecule has 3 heteroatoms. The average Bonchev–Trinajstić information content (AvgIpc) is 2.63. The van der Waals surface area contributed by atoms with Crippen molar-refractivity contribution in [1.29, 1.82) is 0 Å². The van der Waals surface area contributed by atoms with Gasteiger partial charge in [0.15, 0.2) is 0 Å². The van der Waals surface area contributed by atoms with Crippen LogP contribution in [0.1, 0.15) is 32.8 Å². The fourth-order valence-corrected chi connectivity index (χ4v) is 1.45. The maximum absolute atomic E-state index is 6.00. The fourth-order valence-electron chi connectivity index (χ4n) is 1.29. The van der Waals surface area contributed by atoms with E-state index in [0.29, 0.717) is 0 Å². The van der Waals surface area contributed by atoms with Crippen molar-refractivity contribution in [3.63, 3.8) is 0 Å². The predicted octanol–water partition coefficient (Wildman–Crippen LogP) is 3.75. The van der Waals surface area contributed by atoms with Crippen LogP contribution >= 0.6 is 11.6 Å². The lowest BCUT2D eigenvalue weighted by atomic mass is 10.1. The van der Waals surface area contributed by atoms with Crippen LogP contribution in [-0.2, 0) is 7.05 Å². The molecule has 15 heavy (non-hydrogen) atoms. The molecule has 1 rings (SSSR count). The van der Waals surface area contributed by atoms with Gasteiger partial charge < -0.3 is 0 Å². The van der Waals surface area contributed by atoms with E-state index in [0.717, 1.165) is 17.0 Å². The topological polar surface area (TPSA) is 17.8 Å². The Morgan fingerprint density at radius 3 is 2.67 bits per heavy atom. The summed E-state index contributed by atoms with van der Waals surface area (Å²) in [5, 5.41) is 5.03. The molecular weight excluding hydrogens is 208 g/mol. The van der Waals surface area contributed by atoms with Gasteiger partial charge in [-0.25, -0.2) is 0 Å². The van der Waals surface area contributed by atoms with Crippen LogP contribution < -0.4 is 0 Å². The molecule has 0 unspecified atom stereocenters. The van der Waals surface area contributed by atoms with Crippen LogP contribution in [0, 0.1) is 0 Å². The van der Waals surface area contributed by atoms with Gasteiger partial charge in [0.1, 0.15) is 0 Å². The number of hydrogen-bond acceptors (Lipinski definition) is 1. The minimum absolute atomic E-state index is 0.874. The minimum atomic E-state index is 0.874. The first-order valence-corrected chi connectivity index (χ1v) is 5.45. The molecule has 0 aliphatic carbocycles. The zero-order chi connectivity index (χ0) is 11.4. The third-order valence-electron chi connectivity index (χ3n) is 2.44. The molecule has 0 atom stereocenters. The Hall–Kier alpha value is -1.02. The lowest BCUT2D eigenvalue weighted by molar-refractivity contribution is 0.767. The molecule has 0 saturated carbocycles. The Morgan fingerprint density at radius 2 is 2.20 bits per heavy atom. The molecule has 0 N–H and O–H groups in total. The van der Waals surface area contributed by atoms with Gasteiger partial charge in [-0.2, -0.15) is 5.10 Å². The van der Waals surface area contributed by atoms with Crippen LogP contribution in [0.5, 0.6) is 0 Å². The molecule has 0 aliphatic heterocycles. The van der Waals surface area contributed by atoms with Gasteiger partial charge in [-0.05, 0) is 37.5 Å². The number of nitrogens with zero attached hydrogens (tertiary/aromatic N) is 2. The van der Waals surface area contributed by atoms with Gasteiger partial charge in [-0.15, -0.1) is 0 Å². The van der Waals surface area contributed by atoms with Crippen LogP contribution in [0.25, 0.3) is 5.57 Å². The van der Waals surface area contributed by atoms with Crippen molar-refractivity contribution >= 4 is 17.2 Å². The molecule has 0 aliphatic rings. The summed E-state index contributed by atoms with van der Waals surface area (Å²) in [6, 6.07) is 0. The second-order valence-electron chi connectivity index (χ2n) is 3.66. The second-order valence-corrected chi connectivity index (χ2v) is 4.14. The van der Waals surface area contributed by atoms with Gasteiger partial charge in [0.05, 0.1) is 6.20 Å².